The van der Waals surface area contributed by atoms with Gasteiger partial charge in [-0.05, 0) is 30.7 Å². The third kappa shape index (κ3) is 5.88. The quantitative estimate of drug-likeness (QED) is 0.300. The van der Waals surface area contributed by atoms with Crippen molar-refractivity contribution in [1.29, 1.82) is 0 Å². The zero-order valence-corrected chi connectivity index (χ0v) is 12.8. The molecule has 1 amide bonds. The van der Waals surface area contributed by atoms with Gasteiger partial charge in [0.2, 0.25) is 0 Å². The van der Waals surface area contributed by atoms with Gasteiger partial charge in [-0.2, -0.15) is 0 Å². The number of aromatic nitrogens is 1. The monoisotopic (exact) mass is 312 g/mol. The molecule has 6 heteroatoms. The predicted octanol–water partition coefficient (Wildman–Crippen LogP) is 1.80. The second-order valence-electron chi connectivity index (χ2n) is 4.99. The normalized spacial score (nSPS) is 10.8. The number of carbonyl (C=O) groups is 1. The standard InChI is InChI=1S/C17H20N4O2/c22-17(15-7-8-16(13-21-23)20-12-15)19-10-4-9-18-11-14-5-2-1-3-6-14/h1-3,5-8,12-13,18,23H,4,9-11H2,(H,19,22)/b21-13-. The molecule has 120 valence electrons. The van der Waals surface area contributed by atoms with Crippen LogP contribution in [0.2, 0.25) is 0 Å². The first kappa shape index (κ1) is 16.6. The van der Waals surface area contributed by atoms with Gasteiger partial charge in [0.05, 0.1) is 17.5 Å². The van der Waals surface area contributed by atoms with Gasteiger partial charge in [0.1, 0.15) is 0 Å². The Bertz CT molecular complexity index is 627. The van der Waals surface area contributed by atoms with Crippen LogP contribution >= 0.6 is 0 Å². The first-order chi connectivity index (χ1) is 11.3. The molecule has 0 radical (unpaired) electrons. The Kier molecular flexibility index (Phi) is 6.74. The van der Waals surface area contributed by atoms with Crippen molar-refractivity contribution in [3.63, 3.8) is 0 Å². The molecule has 6 nitrogen and oxygen atoms in total. The van der Waals surface area contributed by atoms with Crippen molar-refractivity contribution >= 4 is 12.1 Å². The molecular formula is C17H20N4O2. The number of rotatable bonds is 8. The number of nitrogens with zero attached hydrogens (tertiary/aromatic N) is 2. The summed E-state index contributed by atoms with van der Waals surface area (Å²) >= 11 is 0. The molecule has 0 saturated carbocycles. The molecular weight excluding hydrogens is 292 g/mol. The van der Waals surface area contributed by atoms with E-state index in [9.17, 15) is 4.79 Å². The minimum absolute atomic E-state index is 0.159. The van der Waals surface area contributed by atoms with E-state index in [4.69, 9.17) is 5.21 Å². The summed E-state index contributed by atoms with van der Waals surface area (Å²) in [6.45, 7) is 2.26. The van der Waals surface area contributed by atoms with Gasteiger partial charge in [-0.1, -0.05) is 35.5 Å². The Labute approximate surface area is 135 Å². The molecule has 0 aliphatic heterocycles. The average molecular weight is 312 g/mol. The van der Waals surface area contributed by atoms with Crippen molar-refractivity contribution in [2.45, 2.75) is 13.0 Å². The van der Waals surface area contributed by atoms with E-state index in [2.05, 4.69) is 32.9 Å². The Morgan fingerprint density at radius 1 is 1.17 bits per heavy atom. The zero-order valence-electron chi connectivity index (χ0n) is 12.8. The molecule has 3 N–H and O–H groups in total. The molecule has 0 saturated heterocycles. The molecule has 1 aromatic heterocycles. The molecule has 0 bridgehead atoms. The smallest absolute Gasteiger partial charge is 0.252 e. The van der Waals surface area contributed by atoms with Crippen LogP contribution in [-0.2, 0) is 6.54 Å². The van der Waals surface area contributed by atoms with Crippen molar-refractivity contribution in [3.8, 4) is 0 Å². The Morgan fingerprint density at radius 2 is 2.00 bits per heavy atom. The van der Waals surface area contributed by atoms with E-state index >= 15 is 0 Å². The van der Waals surface area contributed by atoms with Crippen LogP contribution in [0.3, 0.4) is 0 Å². The van der Waals surface area contributed by atoms with Gasteiger partial charge in [-0.3, -0.25) is 9.78 Å². The predicted molar refractivity (Wildman–Crippen MR) is 88.7 cm³/mol. The van der Waals surface area contributed by atoms with E-state index in [1.54, 1.807) is 12.1 Å². The van der Waals surface area contributed by atoms with E-state index in [1.165, 1.54) is 18.0 Å². The molecule has 2 aromatic rings. The summed E-state index contributed by atoms with van der Waals surface area (Å²) < 4.78 is 0. The minimum Gasteiger partial charge on any atom is -0.411 e. The largest absolute Gasteiger partial charge is 0.411 e. The van der Waals surface area contributed by atoms with Crippen LogP contribution in [-0.4, -0.2) is 35.4 Å². The van der Waals surface area contributed by atoms with Crippen LogP contribution in [0.5, 0.6) is 0 Å². The van der Waals surface area contributed by atoms with Crippen molar-refractivity contribution in [2.24, 2.45) is 5.16 Å². The van der Waals surface area contributed by atoms with Gasteiger partial charge >= 0.3 is 0 Å². The summed E-state index contributed by atoms with van der Waals surface area (Å²) in [7, 11) is 0. The van der Waals surface area contributed by atoms with Crippen LogP contribution in [0.4, 0.5) is 0 Å². The molecule has 1 aromatic carbocycles. The molecule has 0 aliphatic carbocycles. The zero-order chi connectivity index (χ0) is 16.3. The number of nitrogens with one attached hydrogen (secondary N) is 2. The van der Waals surface area contributed by atoms with E-state index in [1.807, 2.05) is 18.2 Å². The molecule has 0 fully saturated rings. The lowest BCUT2D eigenvalue weighted by Crippen LogP contribution is -2.27. The number of hydrogen-bond acceptors (Lipinski definition) is 5. The fourth-order valence-electron chi connectivity index (χ4n) is 2.02. The maximum atomic E-state index is 11.9. The highest BCUT2D eigenvalue weighted by molar-refractivity contribution is 5.94. The highest BCUT2D eigenvalue weighted by atomic mass is 16.4. The SMILES string of the molecule is O=C(NCCCNCc1ccccc1)c1ccc(/C=N\O)nc1. The van der Waals surface area contributed by atoms with Gasteiger partial charge in [0.15, 0.2) is 0 Å². The van der Waals surface area contributed by atoms with Crippen molar-refractivity contribution in [3.05, 3.63) is 65.5 Å². The maximum absolute atomic E-state index is 11.9. The molecule has 23 heavy (non-hydrogen) atoms. The number of amides is 1. The highest BCUT2D eigenvalue weighted by Gasteiger charge is 2.04. The van der Waals surface area contributed by atoms with Gasteiger partial charge in [0, 0.05) is 19.3 Å². The fourth-order valence-corrected chi connectivity index (χ4v) is 2.02. The topological polar surface area (TPSA) is 86.6 Å². The first-order valence-electron chi connectivity index (χ1n) is 7.46. The van der Waals surface area contributed by atoms with Crippen molar-refractivity contribution < 1.29 is 10.0 Å². The van der Waals surface area contributed by atoms with E-state index in [-0.39, 0.29) is 5.91 Å². The minimum atomic E-state index is -0.159. The van der Waals surface area contributed by atoms with Gasteiger partial charge in [-0.15, -0.1) is 0 Å². The Balaban J connectivity index is 1.63. The van der Waals surface area contributed by atoms with Crippen molar-refractivity contribution in [1.82, 2.24) is 15.6 Å². The fraction of sp³-hybridized carbons (Fsp3) is 0.235. The summed E-state index contributed by atoms with van der Waals surface area (Å²) in [6.07, 6.45) is 3.52. The molecule has 0 unspecified atom stereocenters. The van der Waals surface area contributed by atoms with Crippen molar-refractivity contribution in [2.75, 3.05) is 13.1 Å². The van der Waals surface area contributed by atoms with Crippen LogP contribution in [0.25, 0.3) is 0 Å². The number of carbonyl (C=O) groups excluding carboxylic acids is 1. The number of oxime groups is 1. The number of hydrogen-bond donors (Lipinski definition) is 3. The molecule has 1 heterocycles. The Morgan fingerprint density at radius 3 is 2.70 bits per heavy atom. The first-order valence-corrected chi connectivity index (χ1v) is 7.46. The second-order valence-corrected chi connectivity index (χ2v) is 4.99. The lowest BCUT2D eigenvalue weighted by molar-refractivity contribution is 0.0953. The van der Waals surface area contributed by atoms with Crippen LogP contribution < -0.4 is 10.6 Å². The summed E-state index contributed by atoms with van der Waals surface area (Å²) in [5, 5.41) is 17.5. The highest BCUT2D eigenvalue weighted by Crippen LogP contribution is 1.99. The third-order valence-electron chi connectivity index (χ3n) is 3.23. The van der Waals surface area contributed by atoms with Crippen LogP contribution in [0.1, 0.15) is 28.0 Å². The van der Waals surface area contributed by atoms with Gasteiger partial charge in [0.25, 0.3) is 5.91 Å². The summed E-state index contributed by atoms with van der Waals surface area (Å²) in [6, 6.07) is 13.5. The van der Waals surface area contributed by atoms with E-state index in [0.717, 1.165) is 19.5 Å². The summed E-state index contributed by atoms with van der Waals surface area (Å²) in [4.78, 5) is 15.9. The van der Waals surface area contributed by atoms with Gasteiger partial charge < -0.3 is 15.8 Å². The maximum Gasteiger partial charge on any atom is 0.252 e. The second kappa shape index (κ2) is 9.32. The Hall–Kier alpha value is -2.73. The number of benzene rings is 1. The van der Waals surface area contributed by atoms with Gasteiger partial charge in [-0.25, -0.2) is 0 Å². The average Bonchev–Trinajstić information content (AvgIpc) is 2.59. The lowest BCUT2D eigenvalue weighted by atomic mass is 10.2. The number of pyridine rings is 1. The lowest BCUT2D eigenvalue weighted by Gasteiger charge is -2.07. The van der Waals surface area contributed by atoms with Crippen LogP contribution in [0.15, 0.2) is 53.8 Å². The van der Waals surface area contributed by atoms with Crippen LogP contribution in [0, 0.1) is 0 Å². The van der Waals surface area contributed by atoms with E-state index in [0.29, 0.717) is 17.8 Å². The summed E-state index contributed by atoms with van der Waals surface area (Å²) in [5.74, 6) is -0.159. The third-order valence-corrected chi connectivity index (χ3v) is 3.23. The molecule has 0 spiro atoms. The summed E-state index contributed by atoms with van der Waals surface area (Å²) in [5.41, 5.74) is 2.22. The molecule has 0 aliphatic rings. The molecule has 2 rings (SSSR count). The van der Waals surface area contributed by atoms with E-state index < -0.39 is 0 Å². The molecule has 0 atom stereocenters.